The van der Waals surface area contributed by atoms with E-state index in [2.05, 4.69) is 15.9 Å². The Morgan fingerprint density at radius 2 is 2.00 bits per heavy atom. The van der Waals surface area contributed by atoms with E-state index in [-0.39, 0.29) is 0 Å². The maximum atomic E-state index is 11.9. The predicted molar refractivity (Wildman–Crippen MR) is 58.4 cm³/mol. The summed E-state index contributed by atoms with van der Waals surface area (Å²) < 4.78 is 35.7. The maximum Gasteiger partial charge on any atom is 0.389 e. The number of carbonyl (C=O) groups is 1. The van der Waals surface area contributed by atoms with E-state index in [1.807, 2.05) is 0 Å². The van der Waals surface area contributed by atoms with Gasteiger partial charge in [0, 0.05) is 24.8 Å². The molecule has 0 aromatic heterocycles. The lowest BCUT2D eigenvalue weighted by molar-refractivity contribution is -0.148. The Labute approximate surface area is 101 Å². The highest BCUT2D eigenvalue weighted by Gasteiger charge is 2.31. The highest BCUT2D eigenvalue weighted by molar-refractivity contribution is 9.09. The van der Waals surface area contributed by atoms with E-state index in [1.165, 1.54) is 4.90 Å². The number of carbonyl (C=O) groups excluding carboxylic acids is 1. The van der Waals surface area contributed by atoms with E-state index >= 15 is 0 Å². The summed E-state index contributed by atoms with van der Waals surface area (Å²) in [6.45, 7) is 0.568. The van der Waals surface area contributed by atoms with Gasteiger partial charge in [0.2, 0.25) is 5.91 Å². The van der Waals surface area contributed by atoms with Crippen LogP contribution in [0, 0.1) is 5.92 Å². The molecule has 16 heavy (non-hydrogen) atoms. The van der Waals surface area contributed by atoms with Crippen molar-refractivity contribution in [3.05, 3.63) is 0 Å². The third-order valence-corrected chi connectivity index (χ3v) is 3.51. The van der Waals surface area contributed by atoms with Crippen LogP contribution in [0.15, 0.2) is 0 Å². The Hall–Kier alpha value is -0.260. The summed E-state index contributed by atoms with van der Waals surface area (Å²) in [5, 5.41) is 0. The molecule has 1 aliphatic rings. The van der Waals surface area contributed by atoms with Crippen LogP contribution in [0.4, 0.5) is 13.2 Å². The normalized spacial score (nSPS) is 25.1. The summed E-state index contributed by atoms with van der Waals surface area (Å²) in [6, 6.07) is 0. The Morgan fingerprint density at radius 1 is 1.44 bits per heavy atom. The van der Waals surface area contributed by atoms with Crippen molar-refractivity contribution in [3.63, 3.8) is 0 Å². The molecule has 0 bridgehead atoms. The van der Waals surface area contributed by atoms with Crippen LogP contribution in [0.5, 0.6) is 0 Å². The average Bonchev–Trinajstić information content (AvgIpc) is 2.10. The van der Waals surface area contributed by atoms with E-state index in [1.54, 1.807) is 7.05 Å². The van der Waals surface area contributed by atoms with Gasteiger partial charge in [0.15, 0.2) is 0 Å². The first-order valence-corrected chi connectivity index (χ1v) is 6.14. The Kier molecular flexibility index (Phi) is 4.64. The molecule has 0 saturated heterocycles. The molecule has 0 radical (unpaired) electrons. The Morgan fingerprint density at radius 3 is 2.44 bits per heavy atom. The lowest BCUT2D eigenvalue weighted by Crippen LogP contribution is -2.38. The predicted octanol–water partition coefficient (Wildman–Crippen LogP) is 2.96. The summed E-state index contributed by atoms with van der Waals surface area (Å²) in [7, 11) is 1.57. The molecule has 0 atom stereocenters. The topological polar surface area (TPSA) is 20.3 Å². The van der Waals surface area contributed by atoms with Crippen molar-refractivity contribution in [2.24, 2.45) is 5.92 Å². The first-order valence-electron chi connectivity index (χ1n) is 5.22. The van der Waals surface area contributed by atoms with Gasteiger partial charge in [-0.1, -0.05) is 15.9 Å². The minimum atomic E-state index is -4.24. The number of halogens is 4. The zero-order chi connectivity index (χ0) is 12.3. The second-order valence-electron chi connectivity index (χ2n) is 4.32. The largest absolute Gasteiger partial charge is 0.389 e. The molecule has 0 aromatic carbocycles. The molecule has 0 spiro atoms. The molecule has 0 unspecified atom stereocenters. The Balaban J connectivity index is 2.20. The number of rotatable bonds is 4. The molecule has 0 heterocycles. The molecule has 6 heteroatoms. The molecular weight excluding hydrogens is 287 g/mol. The molecule has 1 fully saturated rings. The summed E-state index contributed by atoms with van der Waals surface area (Å²) >= 11 is 3.43. The van der Waals surface area contributed by atoms with Gasteiger partial charge in [-0.25, -0.2) is 0 Å². The van der Waals surface area contributed by atoms with Gasteiger partial charge in [-0.15, -0.1) is 0 Å². The third kappa shape index (κ3) is 4.72. The number of amides is 1. The number of nitrogens with zero attached hydrogens (tertiary/aromatic N) is 1. The SMILES string of the molecule is CN(CC1CC(Br)C1)C(=O)CCC(F)(F)F. The van der Waals surface area contributed by atoms with Gasteiger partial charge in [-0.05, 0) is 18.8 Å². The number of hydrogen-bond acceptors (Lipinski definition) is 1. The second kappa shape index (κ2) is 5.38. The minimum absolute atomic E-state index is 0.421. The smallest absolute Gasteiger partial charge is 0.345 e. The van der Waals surface area contributed by atoms with Crippen molar-refractivity contribution in [1.29, 1.82) is 0 Å². The van der Waals surface area contributed by atoms with Gasteiger partial charge in [-0.3, -0.25) is 4.79 Å². The summed E-state index contributed by atoms with van der Waals surface area (Å²) in [6.07, 6.45) is -3.71. The highest BCUT2D eigenvalue weighted by Crippen LogP contribution is 2.33. The molecule has 1 aliphatic carbocycles. The lowest BCUT2D eigenvalue weighted by atomic mass is 9.85. The first kappa shape index (κ1) is 13.8. The van der Waals surface area contributed by atoms with E-state index in [0.29, 0.717) is 17.3 Å². The van der Waals surface area contributed by atoms with Crippen molar-refractivity contribution in [1.82, 2.24) is 4.90 Å². The van der Waals surface area contributed by atoms with Crippen LogP contribution in [0.2, 0.25) is 0 Å². The molecule has 94 valence electrons. The standard InChI is InChI=1S/C10H15BrF3NO/c1-15(6-7-4-8(11)5-7)9(16)2-3-10(12,13)14/h7-8H,2-6H2,1H3. The van der Waals surface area contributed by atoms with Crippen LogP contribution in [0.1, 0.15) is 25.7 Å². The molecule has 1 rings (SSSR count). The maximum absolute atomic E-state index is 11.9. The second-order valence-corrected chi connectivity index (χ2v) is 5.62. The average molecular weight is 302 g/mol. The molecule has 2 nitrogen and oxygen atoms in total. The minimum Gasteiger partial charge on any atom is -0.345 e. The van der Waals surface area contributed by atoms with Gasteiger partial charge >= 0.3 is 6.18 Å². The molecule has 0 N–H and O–H groups in total. The number of hydrogen-bond donors (Lipinski definition) is 0. The van der Waals surface area contributed by atoms with Crippen LogP contribution in [0.25, 0.3) is 0 Å². The van der Waals surface area contributed by atoms with Crippen LogP contribution in [-0.2, 0) is 4.79 Å². The van der Waals surface area contributed by atoms with Crippen molar-refractivity contribution in [2.75, 3.05) is 13.6 Å². The lowest BCUT2D eigenvalue weighted by Gasteiger charge is -2.34. The van der Waals surface area contributed by atoms with Crippen LogP contribution in [-0.4, -0.2) is 35.4 Å². The van der Waals surface area contributed by atoms with Crippen molar-refractivity contribution in [3.8, 4) is 0 Å². The third-order valence-electron chi connectivity index (χ3n) is 2.76. The molecule has 0 aliphatic heterocycles. The van der Waals surface area contributed by atoms with Gasteiger partial charge in [-0.2, -0.15) is 13.2 Å². The zero-order valence-corrected chi connectivity index (χ0v) is 10.6. The monoisotopic (exact) mass is 301 g/mol. The molecule has 0 aromatic rings. The van der Waals surface area contributed by atoms with Gasteiger partial charge in [0.25, 0.3) is 0 Å². The number of alkyl halides is 4. The van der Waals surface area contributed by atoms with Gasteiger partial charge < -0.3 is 4.90 Å². The van der Waals surface area contributed by atoms with E-state index in [4.69, 9.17) is 0 Å². The van der Waals surface area contributed by atoms with E-state index in [0.717, 1.165) is 12.8 Å². The van der Waals surface area contributed by atoms with Crippen LogP contribution >= 0.6 is 15.9 Å². The zero-order valence-electron chi connectivity index (χ0n) is 9.06. The summed E-state index contributed by atoms with van der Waals surface area (Å²) in [5.74, 6) is 0.0135. The molecular formula is C10H15BrF3NO. The fourth-order valence-corrected chi connectivity index (χ4v) is 2.79. The fourth-order valence-electron chi connectivity index (χ4n) is 1.73. The van der Waals surface area contributed by atoms with Crippen LogP contribution < -0.4 is 0 Å². The summed E-state index contributed by atoms with van der Waals surface area (Å²) in [5.41, 5.74) is 0. The molecule has 1 saturated carbocycles. The van der Waals surface area contributed by atoms with E-state index < -0.39 is 24.9 Å². The van der Waals surface area contributed by atoms with Crippen molar-refractivity contribution >= 4 is 21.8 Å². The highest BCUT2D eigenvalue weighted by atomic mass is 79.9. The van der Waals surface area contributed by atoms with Gasteiger partial charge in [0.05, 0.1) is 6.42 Å². The quantitative estimate of drug-likeness (QED) is 0.731. The first-order chi connectivity index (χ1) is 7.28. The Bertz CT molecular complexity index is 251. The fraction of sp³-hybridized carbons (Fsp3) is 0.900. The van der Waals surface area contributed by atoms with E-state index in [9.17, 15) is 18.0 Å². The summed E-state index contributed by atoms with van der Waals surface area (Å²) in [4.78, 5) is 13.3. The van der Waals surface area contributed by atoms with Crippen molar-refractivity contribution < 1.29 is 18.0 Å². The molecule has 1 amide bonds. The van der Waals surface area contributed by atoms with Gasteiger partial charge in [0.1, 0.15) is 0 Å². The van der Waals surface area contributed by atoms with Crippen molar-refractivity contribution in [2.45, 2.75) is 36.7 Å². The van der Waals surface area contributed by atoms with Crippen LogP contribution in [0.3, 0.4) is 0 Å².